The predicted octanol–water partition coefficient (Wildman–Crippen LogP) is 2.30. The maximum absolute atomic E-state index is 11.5. The normalized spacial score (nSPS) is 11.5. The van der Waals surface area contributed by atoms with Crippen LogP contribution in [0.25, 0.3) is 0 Å². The summed E-state index contributed by atoms with van der Waals surface area (Å²) in [5.41, 5.74) is 0.872. The Labute approximate surface area is 94.9 Å². The molecule has 84 valence electrons. The molecule has 1 rings (SSSR count). The highest BCUT2D eigenvalue weighted by Crippen LogP contribution is 2.10. The first-order valence-corrected chi connectivity index (χ1v) is 5.97. The minimum absolute atomic E-state index is 0.0909. The van der Waals surface area contributed by atoms with E-state index >= 15 is 0 Å². The van der Waals surface area contributed by atoms with Crippen molar-refractivity contribution < 1.29 is 4.79 Å². The number of rotatable bonds is 3. The van der Waals surface area contributed by atoms with Crippen LogP contribution >= 0.6 is 11.3 Å². The van der Waals surface area contributed by atoms with Crippen LogP contribution < -0.4 is 5.32 Å². The molecule has 0 unspecified atom stereocenters. The lowest BCUT2D eigenvalue weighted by atomic mass is 10.1. The summed E-state index contributed by atoms with van der Waals surface area (Å²) < 4.78 is 0. The van der Waals surface area contributed by atoms with Gasteiger partial charge in [0.05, 0.1) is 10.7 Å². The van der Waals surface area contributed by atoms with Gasteiger partial charge in [-0.15, -0.1) is 11.3 Å². The maximum Gasteiger partial charge on any atom is 0.220 e. The van der Waals surface area contributed by atoms with Crippen molar-refractivity contribution in [1.82, 2.24) is 10.3 Å². The molecule has 0 aliphatic carbocycles. The van der Waals surface area contributed by atoms with E-state index in [1.807, 2.05) is 33.1 Å². The Morgan fingerprint density at radius 2 is 2.20 bits per heavy atom. The van der Waals surface area contributed by atoms with E-state index in [4.69, 9.17) is 0 Å². The third kappa shape index (κ3) is 4.93. The second-order valence-electron chi connectivity index (χ2n) is 4.66. The molecule has 0 bridgehead atoms. The highest BCUT2D eigenvalue weighted by molar-refractivity contribution is 7.09. The summed E-state index contributed by atoms with van der Waals surface area (Å²) in [7, 11) is 0. The predicted molar refractivity (Wildman–Crippen MR) is 63.1 cm³/mol. The number of nitrogens with zero attached hydrogens (tertiary/aromatic N) is 1. The van der Waals surface area contributed by atoms with Gasteiger partial charge in [-0.25, -0.2) is 4.98 Å². The minimum atomic E-state index is -0.144. The quantitative estimate of drug-likeness (QED) is 0.859. The molecule has 0 fully saturated rings. The molecule has 1 heterocycles. The maximum atomic E-state index is 11.5. The van der Waals surface area contributed by atoms with Crippen molar-refractivity contribution >= 4 is 17.2 Å². The first-order chi connectivity index (χ1) is 6.87. The first kappa shape index (κ1) is 12.2. The van der Waals surface area contributed by atoms with Crippen molar-refractivity contribution in [2.75, 3.05) is 0 Å². The highest BCUT2D eigenvalue weighted by atomic mass is 32.1. The van der Waals surface area contributed by atoms with E-state index in [0.717, 1.165) is 17.1 Å². The Balaban J connectivity index is 2.35. The van der Waals surface area contributed by atoms with E-state index in [-0.39, 0.29) is 11.4 Å². The zero-order valence-electron chi connectivity index (χ0n) is 9.76. The van der Waals surface area contributed by atoms with E-state index < -0.39 is 0 Å². The molecular formula is C11H18N2OS. The molecule has 0 aliphatic heterocycles. The molecule has 0 spiro atoms. The van der Waals surface area contributed by atoms with Crippen molar-refractivity contribution in [3.63, 3.8) is 0 Å². The van der Waals surface area contributed by atoms with Gasteiger partial charge in [0.25, 0.3) is 0 Å². The summed E-state index contributed by atoms with van der Waals surface area (Å²) in [5.74, 6) is 0.0909. The van der Waals surface area contributed by atoms with Crippen LogP contribution in [0.4, 0.5) is 0 Å². The average Bonchev–Trinajstić information content (AvgIpc) is 2.45. The largest absolute Gasteiger partial charge is 0.351 e. The zero-order chi connectivity index (χ0) is 11.5. The van der Waals surface area contributed by atoms with Crippen molar-refractivity contribution in [2.24, 2.45) is 0 Å². The van der Waals surface area contributed by atoms with Crippen LogP contribution in [-0.4, -0.2) is 16.4 Å². The Morgan fingerprint density at radius 3 is 2.67 bits per heavy atom. The van der Waals surface area contributed by atoms with Crippen LogP contribution in [0.3, 0.4) is 0 Å². The van der Waals surface area contributed by atoms with Crippen LogP contribution in [-0.2, 0) is 11.2 Å². The summed E-state index contributed by atoms with van der Waals surface area (Å²) in [5, 5.41) is 6.00. The molecule has 1 N–H and O–H groups in total. The number of carbonyl (C=O) groups excluding carboxylic acids is 1. The fraction of sp³-hybridized carbons (Fsp3) is 0.636. The second-order valence-corrected chi connectivity index (χ2v) is 5.72. The van der Waals surface area contributed by atoms with Gasteiger partial charge in [0.15, 0.2) is 0 Å². The number of carbonyl (C=O) groups is 1. The van der Waals surface area contributed by atoms with Gasteiger partial charge >= 0.3 is 0 Å². The van der Waals surface area contributed by atoms with Gasteiger partial charge in [0.2, 0.25) is 5.91 Å². The third-order valence-electron chi connectivity index (χ3n) is 1.79. The lowest BCUT2D eigenvalue weighted by Gasteiger charge is -2.20. The molecule has 3 nitrogen and oxygen atoms in total. The molecule has 0 aliphatic rings. The van der Waals surface area contributed by atoms with Gasteiger partial charge in [0, 0.05) is 17.3 Å². The lowest BCUT2D eigenvalue weighted by molar-refractivity contribution is -0.122. The van der Waals surface area contributed by atoms with Crippen molar-refractivity contribution in [1.29, 1.82) is 0 Å². The lowest BCUT2D eigenvalue weighted by Crippen LogP contribution is -2.40. The number of nitrogens with one attached hydrogen (secondary N) is 1. The third-order valence-corrected chi connectivity index (χ3v) is 2.61. The fourth-order valence-corrected chi connectivity index (χ4v) is 1.89. The summed E-state index contributed by atoms with van der Waals surface area (Å²) in [4.78, 5) is 15.8. The van der Waals surface area contributed by atoms with Gasteiger partial charge in [-0.1, -0.05) is 0 Å². The van der Waals surface area contributed by atoms with E-state index in [0.29, 0.717) is 6.42 Å². The van der Waals surface area contributed by atoms with Crippen LogP contribution in [0.2, 0.25) is 0 Å². The topological polar surface area (TPSA) is 42.0 Å². The van der Waals surface area contributed by atoms with Gasteiger partial charge in [0.1, 0.15) is 0 Å². The Bertz CT molecular complexity index is 339. The van der Waals surface area contributed by atoms with Crippen molar-refractivity contribution in [3.8, 4) is 0 Å². The monoisotopic (exact) mass is 226 g/mol. The Morgan fingerprint density at radius 1 is 1.53 bits per heavy atom. The molecule has 0 saturated carbocycles. The number of hydrogen-bond acceptors (Lipinski definition) is 3. The Kier molecular flexibility index (Phi) is 3.85. The smallest absolute Gasteiger partial charge is 0.220 e. The summed E-state index contributed by atoms with van der Waals surface area (Å²) in [6.07, 6.45) is 1.24. The molecule has 0 saturated heterocycles. The average molecular weight is 226 g/mol. The molecule has 15 heavy (non-hydrogen) atoms. The molecule has 0 atom stereocenters. The molecule has 1 aromatic heterocycles. The van der Waals surface area contributed by atoms with Crippen molar-refractivity contribution in [3.05, 3.63) is 16.1 Å². The SMILES string of the molecule is Cc1nc(CCC(=O)NC(C)(C)C)cs1. The van der Waals surface area contributed by atoms with E-state index in [1.54, 1.807) is 11.3 Å². The summed E-state index contributed by atoms with van der Waals surface area (Å²) >= 11 is 1.63. The van der Waals surface area contributed by atoms with Crippen LogP contribution in [0.15, 0.2) is 5.38 Å². The molecule has 0 radical (unpaired) electrons. The number of aryl methyl sites for hydroxylation is 2. The van der Waals surface area contributed by atoms with E-state index in [9.17, 15) is 4.79 Å². The van der Waals surface area contributed by atoms with Crippen molar-refractivity contribution in [2.45, 2.75) is 46.1 Å². The van der Waals surface area contributed by atoms with E-state index in [2.05, 4.69) is 10.3 Å². The summed E-state index contributed by atoms with van der Waals surface area (Å²) in [6, 6.07) is 0. The van der Waals surface area contributed by atoms with Gasteiger partial charge in [-0.05, 0) is 34.1 Å². The summed E-state index contributed by atoms with van der Waals surface area (Å²) in [6.45, 7) is 7.93. The van der Waals surface area contributed by atoms with Crippen LogP contribution in [0.5, 0.6) is 0 Å². The standard InChI is InChI=1S/C11H18N2OS/c1-8-12-9(7-15-8)5-6-10(14)13-11(2,3)4/h7H,5-6H2,1-4H3,(H,13,14). The molecule has 0 aromatic carbocycles. The fourth-order valence-electron chi connectivity index (χ4n) is 1.25. The molecule has 1 amide bonds. The molecule has 1 aromatic rings. The van der Waals surface area contributed by atoms with Gasteiger partial charge < -0.3 is 5.32 Å². The second kappa shape index (κ2) is 4.75. The Hall–Kier alpha value is -0.900. The minimum Gasteiger partial charge on any atom is -0.351 e. The number of amides is 1. The molecular weight excluding hydrogens is 208 g/mol. The van der Waals surface area contributed by atoms with Gasteiger partial charge in [-0.2, -0.15) is 0 Å². The van der Waals surface area contributed by atoms with Crippen LogP contribution in [0, 0.1) is 6.92 Å². The number of hydrogen-bond donors (Lipinski definition) is 1. The first-order valence-electron chi connectivity index (χ1n) is 5.09. The highest BCUT2D eigenvalue weighted by Gasteiger charge is 2.13. The van der Waals surface area contributed by atoms with Crippen LogP contribution in [0.1, 0.15) is 37.9 Å². The molecule has 4 heteroatoms. The van der Waals surface area contributed by atoms with Gasteiger partial charge in [-0.3, -0.25) is 4.79 Å². The zero-order valence-corrected chi connectivity index (χ0v) is 10.6. The van der Waals surface area contributed by atoms with E-state index in [1.165, 1.54) is 0 Å². The number of thiazole rings is 1. The number of aromatic nitrogens is 1.